The molecule has 1 aliphatic rings. The van der Waals surface area contributed by atoms with Gasteiger partial charge in [0.2, 0.25) is 0 Å². The number of rotatable bonds is 8. The Balaban J connectivity index is 2.12. The normalized spacial score (nSPS) is 16.1. The number of carbonyl (C=O) groups is 1. The van der Waals surface area contributed by atoms with Crippen molar-refractivity contribution in [1.29, 1.82) is 0 Å². The number of aryl methyl sites for hydroxylation is 1. The predicted molar refractivity (Wildman–Crippen MR) is 106 cm³/mol. The first-order valence-electron chi connectivity index (χ1n) is 9.25. The van der Waals surface area contributed by atoms with E-state index >= 15 is 0 Å². The van der Waals surface area contributed by atoms with Crippen LogP contribution in [0.3, 0.4) is 0 Å². The van der Waals surface area contributed by atoms with Gasteiger partial charge >= 0.3 is 5.97 Å². The summed E-state index contributed by atoms with van der Waals surface area (Å²) in [6, 6.07) is 8.24. The van der Waals surface area contributed by atoms with Crippen molar-refractivity contribution in [3.8, 4) is 0 Å². The first kappa shape index (κ1) is 21.1. The molecule has 0 radical (unpaired) electrons. The smallest absolute Gasteiger partial charge is 0.333 e. The third-order valence-electron chi connectivity index (χ3n) is 4.62. The lowest BCUT2D eigenvalue weighted by Crippen LogP contribution is -2.54. The largest absolute Gasteiger partial charge is 0.459 e. The van der Waals surface area contributed by atoms with Gasteiger partial charge in [0, 0.05) is 24.2 Å². The minimum atomic E-state index is -0.421. The Morgan fingerprint density at radius 2 is 1.85 bits per heavy atom. The van der Waals surface area contributed by atoms with E-state index in [0.29, 0.717) is 18.8 Å². The second-order valence-electron chi connectivity index (χ2n) is 7.21. The van der Waals surface area contributed by atoms with E-state index < -0.39 is 5.97 Å². The molecule has 27 heavy (non-hydrogen) atoms. The highest BCUT2D eigenvalue weighted by atomic mass is 16.6. The van der Waals surface area contributed by atoms with E-state index in [-0.39, 0.29) is 18.8 Å². The van der Waals surface area contributed by atoms with Crippen molar-refractivity contribution in [1.82, 2.24) is 4.90 Å². The van der Waals surface area contributed by atoms with E-state index in [4.69, 9.17) is 14.3 Å². The molecule has 1 saturated heterocycles. The van der Waals surface area contributed by atoms with Gasteiger partial charge in [-0.05, 0) is 27.7 Å². The number of hydrogen-bond acceptors (Lipinski definition) is 6. The second kappa shape index (κ2) is 9.67. The Morgan fingerprint density at radius 1 is 1.22 bits per heavy atom. The van der Waals surface area contributed by atoms with Gasteiger partial charge in [-0.15, -0.1) is 0 Å². The molecule has 148 valence electrons. The molecule has 1 aliphatic heterocycles. The van der Waals surface area contributed by atoms with Crippen molar-refractivity contribution in [2.45, 2.75) is 33.2 Å². The van der Waals surface area contributed by atoms with Crippen LogP contribution in [0.4, 0.5) is 0 Å². The van der Waals surface area contributed by atoms with Gasteiger partial charge in [0.05, 0.1) is 18.8 Å². The topological polar surface area (TPSA) is 60.4 Å². The molecule has 0 aromatic heterocycles. The molecule has 6 nitrogen and oxygen atoms in total. The Bertz CT molecular complexity index is 674. The summed E-state index contributed by atoms with van der Waals surface area (Å²) >= 11 is 0. The van der Waals surface area contributed by atoms with E-state index in [1.165, 1.54) is 5.56 Å². The maximum Gasteiger partial charge on any atom is 0.333 e. The van der Waals surface area contributed by atoms with Crippen molar-refractivity contribution in [2.24, 2.45) is 5.16 Å². The predicted octanol–water partition coefficient (Wildman–Crippen LogP) is 2.95. The summed E-state index contributed by atoms with van der Waals surface area (Å²) in [4.78, 5) is 19.3. The fraction of sp³-hybridized carbons (Fsp3) is 0.524. The zero-order valence-corrected chi connectivity index (χ0v) is 16.8. The standard InChI is InChI=1S/C21H30N2O4/c1-16(2)20(24)26-14-15-27-22-19(18-8-6-17(3)7-9-18)21(4,5)23-10-12-25-13-11-23/h6-9H,1,10-15H2,2-5H3/b22-19+. The number of hydrogen-bond donors (Lipinski definition) is 0. The molecule has 0 amide bonds. The van der Waals surface area contributed by atoms with Gasteiger partial charge < -0.3 is 14.3 Å². The van der Waals surface area contributed by atoms with Crippen LogP contribution in [-0.2, 0) is 19.1 Å². The molecule has 1 aromatic rings. The zero-order valence-electron chi connectivity index (χ0n) is 16.8. The minimum absolute atomic E-state index is 0.133. The van der Waals surface area contributed by atoms with Crippen molar-refractivity contribution in [3.05, 3.63) is 47.5 Å². The molecule has 6 heteroatoms. The molecule has 1 fully saturated rings. The molecule has 2 rings (SSSR count). The number of ether oxygens (including phenoxy) is 2. The Hall–Kier alpha value is -2.18. The summed E-state index contributed by atoms with van der Waals surface area (Å²) in [5.41, 5.74) is 3.09. The van der Waals surface area contributed by atoms with Crippen LogP contribution < -0.4 is 0 Å². The van der Waals surface area contributed by atoms with Gasteiger partial charge in [0.25, 0.3) is 0 Å². The van der Waals surface area contributed by atoms with Gasteiger partial charge in [-0.25, -0.2) is 4.79 Å². The summed E-state index contributed by atoms with van der Waals surface area (Å²) in [6.07, 6.45) is 0. The number of benzene rings is 1. The Kier molecular flexibility index (Phi) is 7.56. The number of esters is 1. The fourth-order valence-corrected chi connectivity index (χ4v) is 2.91. The highest BCUT2D eigenvalue weighted by Gasteiger charge is 2.35. The molecule has 0 N–H and O–H groups in total. The van der Waals surface area contributed by atoms with Gasteiger partial charge in [0.1, 0.15) is 12.3 Å². The molecule has 0 aliphatic carbocycles. The highest BCUT2D eigenvalue weighted by molar-refractivity contribution is 6.06. The van der Waals surface area contributed by atoms with Crippen molar-refractivity contribution in [3.63, 3.8) is 0 Å². The number of carbonyl (C=O) groups excluding carboxylic acids is 1. The molecule has 0 atom stereocenters. The number of morpholine rings is 1. The van der Waals surface area contributed by atoms with Crippen LogP contribution >= 0.6 is 0 Å². The van der Waals surface area contributed by atoms with Crippen LogP contribution in [0.1, 0.15) is 31.9 Å². The molecule has 1 aromatic carbocycles. The summed E-state index contributed by atoms with van der Waals surface area (Å²) in [5, 5.41) is 4.43. The third-order valence-corrected chi connectivity index (χ3v) is 4.62. The average Bonchev–Trinajstić information content (AvgIpc) is 2.66. The van der Waals surface area contributed by atoms with Gasteiger partial charge in [-0.2, -0.15) is 0 Å². The van der Waals surface area contributed by atoms with Crippen LogP contribution in [0, 0.1) is 6.92 Å². The molecule has 0 spiro atoms. The van der Waals surface area contributed by atoms with E-state index in [0.717, 1.165) is 24.4 Å². The Morgan fingerprint density at radius 3 is 2.44 bits per heavy atom. The molecule has 0 bridgehead atoms. The fourth-order valence-electron chi connectivity index (χ4n) is 2.91. The van der Waals surface area contributed by atoms with Crippen molar-refractivity contribution >= 4 is 11.7 Å². The van der Waals surface area contributed by atoms with Crippen molar-refractivity contribution < 1.29 is 19.1 Å². The summed E-state index contributed by atoms with van der Waals surface area (Å²) < 4.78 is 10.5. The van der Waals surface area contributed by atoms with Gasteiger partial charge in [0.15, 0.2) is 6.61 Å². The third kappa shape index (κ3) is 5.91. The summed E-state index contributed by atoms with van der Waals surface area (Å²) in [7, 11) is 0. The van der Waals surface area contributed by atoms with Crippen molar-refractivity contribution in [2.75, 3.05) is 39.5 Å². The first-order chi connectivity index (χ1) is 12.8. The van der Waals surface area contributed by atoms with Crippen LogP contribution in [0.25, 0.3) is 0 Å². The Labute approximate surface area is 161 Å². The quantitative estimate of drug-likeness (QED) is 0.230. The maximum absolute atomic E-state index is 11.4. The van der Waals surface area contributed by atoms with Crippen LogP contribution in [0.2, 0.25) is 0 Å². The average molecular weight is 374 g/mol. The SMILES string of the molecule is C=C(C)C(=O)OCCO/N=C(\c1ccc(C)cc1)C(C)(C)N1CCOCC1. The van der Waals surface area contributed by atoms with Gasteiger partial charge in [-0.3, -0.25) is 4.90 Å². The monoisotopic (exact) mass is 374 g/mol. The van der Waals surface area contributed by atoms with Crippen LogP contribution in [-0.4, -0.2) is 61.6 Å². The van der Waals surface area contributed by atoms with E-state index in [2.05, 4.69) is 61.7 Å². The molecule has 0 saturated carbocycles. The lowest BCUT2D eigenvalue weighted by atomic mass is 9.89. The van der Waals surface area contributed by atoms with E-state index in [1.54, 1.807) is 6.92 Å². The number of oxime groups is 1. The lowest BCUT2D eigenvalue weighted by molar-refractivity contribution is -0.140. The molecular formula is C21H30N2O4. The van der Waals surface area contributed by atoms with Crippen LogP contribution in [0.5, 0.6) is 0 Å². The first-order valence-corrected chi connectivity index (χ1v) is 9.25. The summed E-state index contributed by atoms with van der Waals surface area (Å²) in [5.74, 6) is -0.421. The maximum atomic E-state index is 11.4. The molecular weight excluding hydrogens is 344 g/mol. The molecule has 0 unspecified atom stereocenters. The lowest BCUT2D eigenvalue weighted by Gasteiger charge is -2.41. The highest BCUT2D eigenvalue weighted by Crippen LogP contribution is 2.23. The molecule has 1 heterocycles. The van der Waals surface area contributed by atoms with Crippen LogP contribution in [0.15, 0.2) is 41.6 Å². The van der Waals surface area contributed by atoms with E-state index in [9.17, 15) is 4.79 Å². The summed E-state index contributed by atoms with van der Waals surface area (Å²) in [6.45, 7) is 14.9. The number of nitrogens with zero attached hydrogens (tertiary/aromatic N) is 2. The van der Waals surface area contributed by atoms with E-state index in [1.807, 2.05) is 0 Å². The van der Waals surface area contributed by atoms with Gasteiger partial charge in [-0.1, -0.05) is 41.6 Å². The zero-order chi connectivity index (χ0) is 19.9. The minimum Gasteiger partial charge on any atom is -0.459 e. The second-order valence-corrected chi connectivity index (χ2v) is 7.21.